The van der Waals surface area contributed by atoms with Gasteiger partial charge in [0.25, 0.3) is 0 Å². The lowest BCUT2D eigenvalue weighted by molar-refractivity contribution is -0.133. The Balaban J connectivity index is 0.000000115. The predicted octanol–water partition coefficient (Wildman–Crippen LogP) is 3.12. The summed E-state index contributed by atoms with van der Waals surface area (Å²) in [5, 5.41) is 0. The van der Waals surface area contributed by atoms with Gasteiger partial charge in [0.15, 0.2) is 0 Å². The second-order valence-electron chi connectivity index (χ2n) is 9.22. The number of nitrogens with zero attached hydrogens (tertiary/aromatic N) is 2. The van der Waals surface area contributed by atoms with Gasteiger partial charge in [0.1, 0.15) is 10.9 Å². The van der Waals surface area contributed by atoms with Gasteiger partial charge in [-0.25, -0.2) is 0 Å². The Morgan fingerprint density at radius 1 is 0.692 bits per heavy atom. The molecule has 0 N–H and O–H groups in total. The number of hydrogen-bond acceptors (Lipinski definition) is 6. The van der Waals surface area contributed by atoms with E-state index in [4.69, 9.17) is 9.47 Å². The molecule has 0 amide bonds. The maximum Gasteiger partial charge on any atom is 0.101 e. The van der Waals surface area contributed by atoms with Crippen LogP contribution in [0.25, 0.3) is 0 Å². The van der Waals surface area contributed by atoms with Crippen LogP contribution in [0.5, 0.6) is 0 Å². The molecule has 2 spiro atoms. The van der Waals surface area contributed by atoms with E-state index in [9.17, 15) is 0 Å². The van der Waals surface area contributed by atoms with Crippen molar-refractivity contribution in [3.05, 3.63) is 0 Å². The largest absolute Gasteiger partial charge is 0.359 e. The topological polar surface area (TPSA) is 24.9 Å². The Kier molecular flexibility index (Phi) is 5.07. The number of piperidine rings is 6. The zero-order chi connectivity index (χ0) is 17.8. The molecule has 0 aliphatic carbocycles. The van der Waals surface area contributed by atoms with Gasteiger partial charge in [0.05, 0.1) is 11.2 Å². The van der Waals surface area contributed by atoms with Crippen molar-refractivity contribution in [1.29, 1.82) is 0 Å². The predicted molar refractivity (Wildman–Crippen MR) is 110 cm³/mol. The summed E-state index contributed by atoms with van der Waals surface area (Å²) in [6, 6.07) is 0. The van der Waals surface area contributed by atoms with E-state index in [2.05, 4.69) is 23.6 Å². The summed E-state index contributed by atoms with van der Waals surface area (Å²) in [6.07, 6.45) is 5.47. The minimum atomic E-state index is 0.251. The fraction of sp³-hybridized carbons (Fsp3) is 1.00. The molecule has 0 aromatic heterocycles. The molecule has 0 aromatic carbocycles. The van der Waals surface area contributed by atoms with Crippen LogP contribution in [0.3, 0.4) is 0 Å². The third-order valence-electron chi connectivity index (χ3n) is 7.57. The highest BCUT2D eigenvalue weighted by Gasteiger charge is 2.52. The maximum atomic E-state index is 6.14. The molecule has 148 valence electrons. The molecule has 8 aliphatic rings. The lowest BCUT2D eigenvalue weighted by atomic mass is 9.76. The van der Waals surface area contributed by atoms with Crippen molar-refractivity contribution >= 4 is 23.5 Å². The van der Waals surface area contributed by atoms with Crippen LogP contribution in [0, 0.1) is 11.8 Å². The highest BCUT2D eigenvalue weighted by atomic mass is 32.2. The van der Waals surface area contributed by atoms with Crippen LogP contribution < -0.4 is 0 Å². The third kappa shape index (κ3) is 3.26. The van der Waals surface area contributed by atoms with E-state index in [0.29, 0.717) is 10.9 Å². The van der Waals surface area contributed by atoms with E-state index < -0.39 is 0 Å². The Morgan fingerprint density at radius 2 is 1.08 bits per heavy atom. The van der Waals surface area contributed by atoms with E-state index in [1.54, 1.807) is 0 Å². The van der Waals surface area contributed by atoms with Gasteiger partial charge < -0.3 is 19.3 Å². The summed E-state index contributed by atoms with van der Waals surface area (Å²) < 4.78 is 12.3. The molecule has 8 saturated heterocycles. The lowest BCUT2D eigenvalue weighted by Gasteiger charge is -2.50. The molecule has 0 unspecified atom stereocenters. The molecule has 8 heterocycles. The fourth-order valence-electron chi connectivity index (χ4n) is 6.16. The van der Waals surface area contributed by atoms with E-state index in [0.717, 1.165) is 11.8 Å². The van der Waals surface area contributed by atoms with Crippen molar-refractivity contribution in [2.45, 2.75) is 61.6 Å². The van der Waals surface area contributed by atoms with Crippen molar-refractivity contribution in [3.8, 4) is 0 Å². The van der Waals surface area contributed by atoms with Gasteiger partial charge in [-0.3, -0.25) is 0 Å². The summed E-state index contributed by atoms with van der Waals surface area (Å²) >= 11 is 3.99. The van der Waals surface area contributed by atoms with Crippen LogP contribution >= 0.6 is 23.5 Å². The van der Waals surface area contributed by atoms with Crippen LogP contribution in [0.2, 0.25) is 0 Å². The summed E-state index contributed by atoms with van der Waals surface area (Å²) in [7, 11) is 0. The van der Waals surface area contributed by atoms with E-state index >= 15 is 0 Å². The van der Waals surface area contributed by atoms with Gasteiger partial charge >= 0.3 is 0 Å². The van der Waals surface area contributed by atoms with Gasteiger partial charge in [0, 0.05) is 24.6 Å². The van der Waals surface area contributed by atoms with Gasteiger partial charge in [-0.05, 0) is 77.5 Å². The average Bonchev–Trinajstić information content (AvgIpc) is 3.20. The van der Waals surface area contributed by atoms with E-state index in [-0.39, 0.29) is 11.2 Å². The Labute approximate surface area is 167 Å². The van der Waals surface area contributed by atoms with Crippen LogP contribution in [0.4, 0.5) is 0 Å². The normalized spacial score (nSPS) is 54.7. The molecule has 8 aliphatic heterocycles. The zero-order valence-electron chi connectivity index (χ0n) is 16.3. The smallest absolute Gasteiger partial charge is 0.101 e. The van der Waals surface area contributed by atoms with Gasteiger partial charge in [0.2, 0.25) is 0 Å². The Hall–Kier alpha value is 0.540. The first-order valence-electron chi connectivity index (χ1n) is 10.6. The monoisotopic (exact) mass is 398 g/mol. The van der Waals surface area contributed by atoms with Crippen LogP contribution in [-0.4, -0.2) is 82.6 Å². The van der Waals surface area contributed by atoms with Crippen molar-refractivity contribution in [2.75, 3.05) is 50.8 Å². The molecule has 4 bridgehead atoms. The quantitative estimate of drug-likeness (QED) is 0.622. The van der Waals surface area contributed by atoms with Gasteiger partial charge in [-0.15, -0.1) is 23.5 Å². The number of thioether (sulfide) groups is 2. The number of rotatable bonds is 0. The number of fused-ring (bicyclic) bond motifs is 4. The van der Waals surface area contributed by atoms with Crippen LogP contribution in [0.15, 0.2) is 0 Å². The average molecular weight is 399 g/mol. The maximum absolute atomic E-state index is 6.14. The molecule has 4 nitrogen and oxygen atoms in total. The molecule has 0 radical (unpaired) electrons. The first-order chi connectivity index (χ1) is 12.6. The second kappa shape index (κ2) is 7.10. The molecular weight excluding hydrogens is 364 g/mol. The highest BCUT2D eigenvalue weighted by molar-refractivity contribution is 8.00. The first kappa shape index (κ1) is 18.6. The molecule has 26 heavy (non-hydrogen) atoms. The van der Waals surface area contributed by atoms with Gasteiger partial charge in [-0.2, -0.15) is 0 Å². The number of ether oxygens (including phenoxy) is 2. The molecule has 4 atom stereocenters. The van der Waals surface area contributed by atoms with E-state index in [1.807, 2.05) is 23.5 Å². The summed E-state index contributed by atoms with van der Waals surface area (Å²) in [5.41, 5.74) is 1.36. The SMILES string of the molecule is C[C@@H]1O[C@@]2(CS1)CN1CCC2CC1.C[C@H]1O[C@]2(CS1)CN1CCC2CC1. The van der Waals surface area contributed by atoms with Crippen LogP contribution in [-0.2, 0) is 9.47 Å². The summed E-state index contributed by atoms with van der Waals surface area (Å²) in [5.74, 6) is 4.18. The zero-order valence-corrected chi connectivity index (χ0v) is 18.0. The van der Waals surface area contributed by atoms with Gasteiger partial charge in [-0.1, -0.05) is 0 Å². The van der Waals surface area contributed by atoms with Crippen molar-refractivity contribution in [2.24, 2.45) is 11.8 Å². The number of hydrogen-bond donors (Lipinski definition) is 0. The first-order valence-corrected chi connectivity index (χ1v) is 12.7. The molecule has 8 fully saturated rings. The van der Waals surface area contributed by atoms with E-state index in [1.165, 1.54) is 76.5 Å². The molecule has 0 saturated carbocycles. The van der Waals surface area contributed by atoms with Crippen LogP contribution in [0.1, 0.15) is 39.5 Å². The molecular formula is C20H34N2O2S2. The third-order valence-corrected chi connectivity index (χ3v) is 10.0. The highest BCUT2D eigenvalue weighted by Crippen LogP contribution is 2.47. The summed E-state index contributed by atoms with van der Waals surface area (Å²) in [6.45, 7) is 12.0. The minimum absolute atomic E-state index is 0.251. The Morgan fingerprint density at radius 3 is 1.31 bits per heavy atom. The molecule has 8 rings (SSSR count). The summed E-state index contributed by atoms with van der Waals surface area (Å²) in [4.78, 5) is 5.16. The van der Waals surface area contributed by atoms with Crippen molar-refractivity contribution < 1.29 is 9.47 Å². The standard InChI is InChI=1S/2C10H17NOS/c2*1-8-12-10(7-13-8)6-11-4-2-9(10)3-5-11/h2*8-9H,2-7H2,1H3/t2*8-,10-/m10/s1. The lowest BCUT2D eigenvalue weighted by Crippen LogP contribution is -2.60. The minimum Gasteiger partial charge on any atom is -0.359 e. The molecule has 6 heteroatoms. The Bertz CT molecular complexity index is 476. The van der Waals surface area contributed by atoms with Crippen molar-refractivity contribution in [1.82, 2.24) is 9.80 Å². The second-order valence-corrected chi connectivity index (χ2v) is 11.8. The molecule has 0 aromatic rings. The fourth-order valence-corrected chi connectivity index (χ4v) is 8.50. The van der Waals surface area contributed by atoms with Crippen molar-refractivity contribution in [3.63, 3.8) is 0 Å².